The molecule has 0 bridgehead atoms. The molecular formula is C18H15Cl2N3O2S. The summed E-state index contributed by atoms with van der Waals surface area (Å²) in [5.41, 5.74) is 1.50. The Morgan fingerprint density at radius 1 is 1.27 bits per heavy atom. The first kappa shape index (κ1) is 18.6. The number of rotatable bonds is 5. The lowest BCUT2D eigenvalue weighted by molar-refractivity contribution is -0.122. The van der Waals surface area contributed by atoms with Crippen molar-refractivity contribution in [3.63, 3.8) is 0 Å². The Morgan fingerprint density at radius 2 is 2.00 bits per heavy atom. The van der Waals surface area contributed by atoms with Crippen molar-refractivity contribution in [2.45, 2.75) is 19.5 Å². The first-order valence-electron chi connectivity index (χ1n) is 7.76. The van der Waals surface area contributed by atoms with Crippen molar-refractivity contribution in [3.05, 3.63) is 84.4 Å². The number of nitrogens with one attached hydrogen (secondary N) is 1. The molecule has 3 aromatic rings. The zero-order valence-corrected chi connectivity index (χ0v) is 16.1. The van der Waals surface area contributed by atoms with Crippen molar-refractivity contribution in [2.24, 2.45) is 0 Å². The minimum absolute atomic E-state index is 0.0597. The Labute approximate surface area is 164 Å². The van der Waals surface area contributed by atoms with Crippen LogP contribution in [0.2, 0.25) is 10.0 Å². The van der Waals surface area contributed by atoms with Gasteiger partial charge in [-0.05, 0) is 23.9 Å². The summed E-state index contributed by atoms with van der Waals surface area (Å²) in [4.78, 5) is 25.6. The quantitative estimate of drug-likeness (QED) is 0.698. The van der Waals surface area contributed by atoms with Crippen LogP contribution in [0.3, 0.4) is 0 Å². The highest BCUT2D eigenvalue weighted by Gasteiger charge is 2.19. The second-order valence-electron chi connectivity index (χ2n) is 5.70. The number of nitrogens with zero attached hydrogens (tertiary/aromatic N) is 2. The predicted octanol–water partition coefficient (Wildman–Crippen LogP) is 3.83. The summed E-state index contributed by atoms with van der Waals surface area (Å²) in [5, 5.41) is 8.68. The lowest BCUT2D eigenvalue weighted by Gasteiger charge is -2.18. The van der Waals surface area contributed by atoms with Gasteiger partial charge in [0.15, 0.2) is 0 Å². The fraction of sp³-hybridized carbons (Fsp3) is 0.167. The monoisotopic (exact) mass is 407 g/mol. The number of aryl methyl sites for hydroxylation is 1. The number of thiophene rings is 1. The van der Waals surface area contributed by atoms with E-state index in [9.17, 15) is 9.59 Å². The van der Waals surface area contributed by atoms with Gasteiger partial charge in [-0.2, -0.15) is 5.10 Å². The molecule has 0 aliphatic heterocycles. The molecule has 134 valence electrons. The molecule has 0 saturated carbocycles. The topological polar surface area (TPSA) is 64.0 Å². The van der Waals surface area contributed by atoms with Crippen LogP contribution in [0, 0.1) is 6.92 Å². The molecule has 0 spiro atoms. The van der Waals surface area contributed by atoms with Gasteiger partial charge < -0.3 is 5.32 Å². The third kappa shape index (κ3) is 4.15. The van der Waals surface area contributed by atoms with Gasteiger partial charge in [0.1, 0.15) is 11.6 Å². The van der Waals surface area contributed by atoms with Gasteiger partial charge in [-0.1, -0.05) is 59.1 Å². The van der Waals surface area contributed by atoms with E-state index < -0.39 is 5.56 Å². The van der Waals surface area contributed by atoms with Crippen molar-refractivity contribution < 1.29 is 4.79 Å². The molecule has 0 unspecified atom stereocenters. The summed E-state index contributed by atoms with van der Waals surface area (Å²) < 4.78 is 0.990. The molecule has 0 radical (unpaired) electrons. The van der Waals surface area contributed by atoms with Crippen LogP contribution >= 0.6 is 34.5 Å². The lowest BCUT2D eigenvalue weighted by atomic mass is 10.0. The summed E-state index contributed by atoms with van der Waals surface area (Å²) in [7, 11) is 0. The number of carbonyl (C=O) groups is 1. The van der Waals surface area contributed by atoms with Crippen molar-refractivity contribution in [1.82, 2.24) is 15.1 Å². The Kier molecular flexibility index (Phi) is 5.76. The molecule has 5 nitrogen and oxygen atoms in total. The van der Waals surface area contributed by atoms with Gasteiger partial charge >= 0.3 is 0 Å². The maximum absolute atomic E-state index is 12.5. The van der Waals surface area contributed by atoms with Crippen LogP contribution in [0.1, 0.15) is 22.0 Å². The molecule has 0 aliphatic rings. The maximum Gasteiger partial charge on any atom is 0.287 e. The molecule has 2 aromatic heterocycles. The molecule has 1 amide bonds. The van der Waals surface area contributed by atoms with Gasteiger partial charge in [0.2, 0.25) is 5.91 Å². The Bertz CT molecular complexity index is 969. The number of hydrogen-bond acceptors (Lipinski definition) is 4. The average molecular weight is 408 g/mol. The van der Waals surface area contributed by atoms with Crippen LogP contribution in [0.4, 0.5) is 0 Å². The van der Waals surface area contributed by atoms with E-state index in [4.69, 9.17) is 23.2 Å². The maximum atomic E-state index is 12.5. The molecule has 1 aromatic carbocycles. The van der Waals surface area contributed by atoms with E-state index in [2.05, 4.69) is 10.4 Å². The van der Waals surface area contributed by atoms with E-state index in [-0.39, 0.29) is 28.5 Å². The van der Waals surface area contributed by atoms with Gasteiger partial charge in [0.25, 0.3) is 5.56 Å². The fourth-order valence-electron chi connectivity index (χ4n) is 2.43. The summed E-state index contributed by atoms with van der Waals surface area (Å²) in [6.45, 7) is 1.76. The standard InChI is InChI=1S/C18H15Cl2N3O2S/c1-11-4-6-12(7-5-11)17(14-3-2-8-26-14)22-15(24)10-23-18(25)16(20)13(19)9-21-23/h2-9,17H,10H2,1H3,(H,22,24)/t17-/m0/s1. The molecule has 2 heterocycles. The van der Waals surface area contributed by atoms with Crippen LogP contribution in [-0.2, 0) is 11.3 Å². The fourth-order valence-corrected chi connectivity index (χ4v) is 3.51. The van der Waals surface area contributed by atoms with E-state index in [1.54, 1.807) is 11.3 Å². The minimum atomic E-state index is -0.600. The summed E-state index contributed by atoms with van der Waals surface area (Å²) in [5.74, 6) is -0.350. The van der Waals surface area contributed by atoms with Crippen molar-refractivity contribution >= 4 is 40.4 Å². The zero-order chi connectivity index (χ0) is 18.7. The second kappa shape index (κ2) is 8.03. The molecule has 0 fully saturated rings. The Morgan fingerprint density at radius 3 is 2.65 bits per heavy atom. The second-order valence-corrected chi connectivity index (χ2v) is 7.46. The largest absolute Gasteiger partial charge is 0.343 e. The normalized spacial score (nSPS) is 12.0. The van der Waals surface area contributed by atoms with Crippen LogP contribution in [0.25, 0.3) is 0 Å². The number of amides is 1. The van der Waals surface area contributed by atoms with Crippen LogP contribution in [0.15, 0.2) is 52.8 Å². The van der Waals surface area contributed by atoms with Gasteiger partial charge in [-0.3, -0.25) is 9.59 Å². The van der Waals surface area contributed by atoms with Crippen molar-refractivity contribution in [2.75, 3.05) is 0 Å². The molecule has 1 N–H and O–H groups in total. The molecule has 26 heavy (non-hydrogen) atoms. The van der Waals surface area contributed by atoms with E-state index in [1.807, 2.05) is 48.7 Å². The van der Waals surface area contributed by atoms with E-state index in [1.165, 1.54) is 6.20 Å². The van der Waals surface area contributed by atoms with Crippen LogP contribution in [-0.4, -0.2) is 15.7 Å². The van der Waals surface area contributed by atoms with E-state index >= 15 is 0 Å². The number of carbonyl (C=O) groups excluding carboxylic acids is 1. The zero-order valence-electron chi connectivity index (χ0n) is 13.8. The van der Waals surface area contributed by atoms with Gasteiger partial charge in [-0.25, -0.2) is 4.68 Å². The number of halogens is 2. The van der Waals surface area contributed by atoms with Gasteiger partial charge in [-0.15, -0.1) is 11.3 Å². The molecular weight excluding hydrogens is 393 g/mol. The first-order valence-corrected chi connectivity index (χ1v) is 9.39. The highest BCUT2D eigenvalue weighted by atomic mass is 35.5. The smallest absolute Gasteiger partial charge is 0.287 e. The number of benzene rings is 1. The summed E-state index contributed by atoms with van der Waals surface area (Å²) >= 11 is 13.1. The van der Waals surface area contributed by atoms with Gasteiger partial charge in [0, 0.05) is 4.88 Å². The SMILES string of the molecule is Cc1ccc([C@H](NC(=O)Cn2ncc(Cl)c(Cl)c2=O)c2cccs2)cc1. The van der Waals surface area contributed by atoms with Crippen molar-refractivity contribution in [1.29, 1.82) is 0 Å². The lowest BCUT2D eigenvalue weighted by Crippen LogP contribution is -2.36. The molecule has 8 heteroatoms. The van der Waals surface area contributed by atoms with Crippen LogP contribution < -0.4 is 10.9 Å². The third-order valence-corrected chi connectivity index (χ3v) is 5.47. The highest BCUT2D eigenvalue weighted by molar-refractivity contribution is 7.10. The van der Waals surface area contributed by atoms with E-state index in [0.717, 1.165) is 20.7 Å². The molecule has 1 atom stereocenters. The highest BCUT2D eigenvalue weighted by Crippen LogP contribution is 2.26. The summed E-state index contributed by atoms with van der Waals surface area (Å²) in [6.07, 6.45) is 1.25. The molecule has 3 rings (SSSR count). The van der Waals surface area contributed by atoms with Crippen LogP contribution in [0.5, 0.6) is 0 Å². The van der Waals surface area contributed by atoms with E-state index in [0.29, 0.717) is 0 Å². The number of aromatic nitrogens is 2. The number of hydrogen-bond donors (Lipinski definition) is 1. The summed E-state index contributed by atoms with van der Waals surface area (Å²) in [6, 6.07) is 11.5. The first-order chi connectivity index (χ1) is 12.5. The van der Waals surface area contributed by atoms with Gasteiger partial charge in [0.05, 0.1) is 17.3 Å². The minimum Gasteiger partial charge on any atom is -0.343 e. The average Bonchev–Trinajstić information content (AvgIpc) is 3.15. The third-order valence-electron chi connectivity index (χ3n) is 3.78. The Balaban J connectivity index is 1.83. The predicted molar refractivity (Wildman–Crippen MR) is 104 cm³/mol. The van der Waals surface area contributed by atoms with Crippen molar-refractivity contribution in [3.8, 4) is 0 Å². The Hall–Kier alpha value is -2.15. The molecule has 0 aliphatic carbocycles. The molecule has 0 saturated heterocycles.